The molecule has 3 aliphatic rings. The van der Waals surface area contributed by atoms with Gasteiger partial charge in [0.1, 0.15) is 5.54 Å². The molecule has 8 heteroatoms. The summed E-state index contributed by atoms with van der Waals surface area (Å²) in [5, 5.41) is 5.58. The molecule has 0 aromatic rings. The number of amides is 4. The molecular weight excluding hydrogens is 326 g/mol. The molecule has 4 amide bonds. The number of nitrogens with one attached hydrogen (secondary N) is 2. The maximum absolute atomic E-state index is 12.5. The molecule has 0 aromatic heterocycles. The highest BCUT2D eigenvalue weighted by Crippen LogP contribution is 2.35. The first-order valence-corrected chi connectivity index (χ1v) is 9.05. The van der Waals surface area contributed by atoms with Crippen LogP contribution in [0, 0.1) is 0 Å². The Balaban J connectivity index is 1.40. The van der Waals surface area contributed by atoms with E-state index in [0.717, 1.165) is 25.7 Å². The lowest BCUT2D eigenvalue weighted by Crippen LogP contribution is -2.44. The Morgan fingerprint density at radius 3 is 2.64 bits per heavy atom. The van der Waals surface area contributed by atoms with E-state index in [1.807, 2.05) is 0 Å². The van der Waals surface area contributed by atoms with Gasteiger partial charge in [0.05, 0.1) is 0 Å². The van der Waals surface area contributed by atoms with Crippen LogP contribution in [0.25, 0.3) is 0 Å². The SMILES string of the molecule is C[C@H](OC(=O)CCCN1C(=O)NC2(CCCC2)C1=O)C(=O)NC1CC1. The van der Waals surface area contributed by atoms with Crippen LogP contribution in [0.2, 0.25) is 0 Å². The predicted octanol–water partition coefficient (Wildman–Crippen LogP) is 0.841. The fourth-order valence-electron chi connectivity index (χ4n) is 3.43. The lowest BCUT2D eigenvalue weighted by Gasteiger charge is -2.20. The van der Waals surface area contributed by atoms with E-state index in [9.17, 15) is 19.2 Å². The molecule has 1 atom stereocenters. The summed E-state index contributed by atoms with van der Waals surface area (Å²) >= 11 is 0. The molecule has 2 aliphatic carbocycles. The lowest BCUT2D eigenvalue weighted by atomic mass is 9.98. The van der Waals surface area contributed by atoms with Gasteiger partial charge in [0.2, 0.25) is 0 Å². The fraction of sp³-hybridized carbons (Fsp3) is 0.765. The van der Waals surface area contributed by atoms with Gasteiger partial charge in [-0.2, -0.15) is 0 Å². The third kappa shape index (κ3) is 3.93. The van der Waals surface area contributed by atoms with Crippen LogP contribution in [0.3, 0.4) is 0 Å². The Bertz CT molecular complexity index is 581. The summed E-state index contributed by atoms with van der Waals surface area (Å²) in [5.74, 6) is -0.963. The maximum atomic E-state index is 12.5. The molecular formula is C17H25N3O5. The van der Waals surface area contributed by atoms with Crippen LogP contribution in [0.5, 0.6) is 0 Å². The number of ether oxygens (including phenoxy) is 1. The van der Waals surface area contributed by atoms with E-state index in [0.29, 0.717) is 19.3 Å². The molecule has 2 saturated carbocycles. The van der Waals surface area contributed by atoms with Crippen molar-refractivity contribution in [3.8, 4) is 0 Å². The van der Waals surface area contributed by atoms with E-state index >= 15 is 0 Å². The number of hydrogen-bond acceptors (Lipinski definition) is 5. The second kappa shape index (κ2) is 7.01. The van der Waals surface area contributed by atoms with Gasteiger partial charge in [0, 0.05) is 19.0 Å². The number of carbonyl (C=O) groups is 4. The minimum absolute atomic E-state index is 0.0606. The predicted molar refractivity (Wildman–Crippen MR) is 87.4 cm³/mol. The number of rotatable bonds is 7. The number of nitrogens with zero attached hydrogens (tertiary/aromatic N) is 1. The minimum atomic E-state index is -0.827. The van der Waals surface area contributed by atoms with Crippen molar-refractivity contribution in [3.63, 3.8) is 0 Å². The van der Waals surface area contributed by atoms with Gasteiger partial charge in [-0.1, -0.05) is 12.8 Å². The van der Waals surface area contributed by atoms with Gasteiger partial charge in [-0.05, 0) is 39.0 Å². The molecule has 0 bridgehead atoms. The van der Waals surface area contributed by atoms with Crippen molar-refractivity contribution in [2.75, 3.05) is 6.54 Å². The van der Waals surface area contributed by atoms with Crippen molar-refractivity contribution in [3.05, 3.63) is 0 Å². The van der Waals surface area contributed by atoms with Gasteiger partial charge in [-0.25, -0.2) is 4.79 Å². The lowest BCUT2D eigenvalue weighted by molar-refractivity contribution is -0.155. The van der Waals surface area contributed by atoms with Gasteiger partial charge < -0.3 is 15.4 Å². The van der Waals surface area contributed by atoms with Crippen LogP contribution in [-0.2, 0) is 19.1 Å². The molecule has 0 radical (unpaired) electrons. The minimum Gasteiger partial charge on any atom is -0.453 e. The molecule has 0 unspecified atom stereocenters. The molecule has 3 fully saturated rings. The van der Waals surface area contributed by atoms with Crippen LogP contribution >= 0.6 is 0 Å². The smallest absolute Gasteiger partial charge is 0.325 e. The number of esters is 1. The summed E-state index contributed by atoms with van der Waals surface area (Å²) in [6.45, 7) is 1.72. The average molecular weight is 351 g/mol. The summed E-state index contributed by atoms with van der Waals surface area (Å²) in [6, 6.07) is -0.159. The van der Waals surface area contributed by atoms with Gasteiger partial charge in [-0.3, -0.25) is 19.3 Å². The van der Waals surface area contributed by atoms with Crippen molar-refractivity contribution in [1.82, 2.24) is 15.5 Å². The van der Waals surface area contributed by atoms with E-state index in [1.54, 1.807) is 0 Å². The summed E-state index contributed by atoms with van der Waals surface area (Å²) in [5.41, 5.74) is -0.715. The Morgan fingerprint density at radius 2 is 2.00 bits per heavy atom. The van der Waals surface area contributed by atoms with Crippen LogP contribution in [0.4, 0.5) is 4.79 Å². The summed E-state index contributed by atoms with van der Waals surface area (Å²) in [7, 11) is 0. The standard InChI is InChI=1S/C17H25N3O5/c1-11(14(22)18-12-6-7-12)25-13(21)5-4-10-20-15(23)17(19-16(20)24)8-2-3-9-17/h11-12H,2-10H2,1H3,(H,18,22)(H,19,24)/t11-/m0/s1. The maximum Gasteiger partial charge on any atom is 0.325 e. The Kier molecular flexibility index (Phi) is 4.96. The van der Waals surface area contributed by atoms with E-state index in [2.05, 4.69) is 10.6 Å². The van der Waals surface area contributed by atoms with Crippen LogP contribution in [-0.4, -0.2) is 52.9 Å². The van der Waals surface area contributed by atoms with Gasteiger partial charge >= 0.3 is 12.0 Å². The molecule has 2 N–H and O–H groups in total. The van der Waals surface area contributed by atoms with Gasteiger partial charge in [0.15, 0.2) is 6.10 Å². The highest BCUT2D eigenvalue weighted by Gasteiger charge is 2.52. The van der Waals surface area contributed by atoms with Crippen molar-refractivity contribution < 1.29 is 23.9 Å². The van der Waals surface area contributed by atoms with Crippen molar-refractivity contribution in [2.45, 2.75) is 76.0 Å². The topological polar surface area (TPSA) is 105 Å². The third-order valence-electron chi connectivity index (χ3n) is 5.07. The zero-order chi connectivity index (χ0) is 18.0. The molecule has 1 heterocycles. The molecule has 1 aliphatic heterocycles. The van der Waals surface area contributed by atoms with Crippen LogP contribution in [0.15, 0.2) is 0 Å². The molecule has 1 spiro atoms. The summed E-state index contributed by atoms with van der Waals surface area (Å²) in [6.07, 6.45) is 4.75. The Hall–Kier alpha value is -2.12. The quantitative estimate of drug-likeness (QED) is 0.522. The van der Waals surface area contributed by atoms with Crippen molar-refractivity contribution in [1.29, 1.82) is 0 Å². The first-order chi connectivity index (χ1) is 11.9. The average Bonchev–Trinajstić information content (AvgIpc) is 3.19. The molecule has 1 saturated heterocycles. The normalized spacial score (nSPS) is 22.8. The summed E-state index contributed by atoms with van der Waals surface area (Å²) in [4.78, 5) is 49.3. The van der Waals surface area contributed by atoms with E-state index in [1.165, 1.54) is 11.8 Å². The first-order valence-electron chi connectivity index (χ1n) is 9.05. The zero-order valence-electron chi connectivity index (χ0n) is 14.5. The highest BCUT2D eigenvalue weighted by atomic mass is 16.5. The van der Waals surface area contributed by atoms with Gasteiger partial charge in [0.25, 0.3) is 11.8 Å². The largest absolute Gasteiger partial charge is 0.453 e. The van der Waals surface area contributed by atoms with E-state index in [-0.39, 0.29) is 36.9 Å². The number of hydrogen-bond donors (Lipinski definition) is 2. The molecule has 138 valence electrons. The number of urea groups is 1. The first kappa shape index (κ1) is 17.7. The number of imide groups is 1. The van der Waals surface area contributed by atoms with Crippen LogP contribution < -0.4 is 10.6 Å². The zero-order valence-corrected chi connectivity index (χ0v) is 14.5. The number of carbonyl (C=O) groups excluding carboxylic acids is 4. The Labute approximate surface area is 146 Å². The van der Waals surface area contributed by atoms with Crippen molar-refractivity contribution in [2.24, 2.45) is 0 Å². The molecule has 25 heavy (non-hydrogen) atoms. The van der Waals surface area contributed by atoms with E-state index in [4.69, 9.17) is 4.74 Å². The Morgan fingerprint density at radius 1 is 1.32 bits per heavy atom. The second-order valence-corrected chi connectivity index (χ2v) is 7.19. The highest BCUT2D eigenvalue weighted by molar-refractivity contribution is 6.07. The fourth-order valence-corrected chi connectivity index (χ4v) is 3.43. The van der Waals surface area contributed by atoms with Crippen LogP contribution in [0.1, 0.15) is 58.3 Å². The third-order valence-corrected chi connectivity index (χ3v) is 5.07. The summed E-state index contributed by atoms with van der Waals surface area (Å²) < 4.78 is 5.10. The molecule has 0 aromatic carbocycles. The van der Waals surface area contributed by atoms with E-state index < -0.39 is 17.6 Å². The second-order valence-electron chi connectivity index (χ2n) is 7.19. The van der Waals surface area contributed by atoms with Crippen molar-refractivity contribution >= 4 is 23.8 Å². The van der Waals surface area contributed by atoms with Gasteiger partial charge in [-0.15, -0.1) is 0 Å². The monoisotopic (exact) mass is 351 g/mol. The molecule has 3 rings (SSSR count). The molecule has 8 nitrogen and oxygen atoms in total.